The first-order valence-electron chi connectivity index (χ1n) is 6.55. The summed E-state index contributed by atoms with van der Waals surface area (Å²) in [5, 5.41) is 0.221. The van der Waals surface area contributed by atoms with Gasteiger partial charge in [0.2, 0.25) is 5.89 Å². The van der Waals surface area contributed by atoms with E-state index in [0.717, 1.165) is 30.5 Å². The third-order valence-corrected chi connectivity index (χ3v) is 5.54. The van der Waals surface area contributed by atoms with Crippen LogP contribution in [0, 0.1) is 0 Å². The van der Waals surface area contributed by atoms with Gasteiger partial charge in [-0.15, -0.1) is 0 Å². The van der Waals surface area contributed by atoms with Gasteiger partial charge in [-0.3, -0.25) is 9.11 Å². The van der Waals surface area contributed by atoms with Crippen molar-refractivity contribution in [2.24, 2.45) is 0 Å². The average molecular weight is 270 g/mol. The zero-order chi connectivity index (χ0) is 13.3. The topological polar surface area (TPSA) is 46.3 Å². The first-order chi connectivity index (χ1) is 8.49. The van der Waals surface area contributed by atoms with E-state index in [2.05, 4.69) is 37.6 Å². The standard InChI is InChI=1S/C13H22N2O2S/c1-9(2)12-7-14-13(17-12)8-15-5-6-18(16)11(4)10(15)3/h7,9-11H,5-6,8H2,1-4H3. The highest BCUT2D eigenvalue weighted by Crippen LogP contribution is 2.20. The molecule has 3 unspecified atom stereocenters. The Kier molecular flexibility index (Phi) is 4.22. The summed E-state index contributed by atoms with van der Waals surface area (Å²) in [5.41, 5.74) is 0. The molecule has 0 saturated carbocycles. The van der Waals surface area contributed by atoms with Crippen LogP contribution in [0.15, 0.2) is 10.6 Å². The van der Waals surface area contributed by atoms with Crippen LogP contribution < -0.4 is 0 Å². The van der Waals surface area contributed by atoms with Crippen LogP contribution >= 0.6 is 0 Å². The quantitative estimate of drug-likeness (QED) is 0.844. The smallest absolute Gasteiger partial charge is 0.208 e. The third-order valence-electron chi connectivity index (χ3n) is 3.73. The van der Waals surface area contributed by atoms with Gasteiger partial charge in [0.1, 0.15) is 5.76 Å². The Labute approximate surface area is 111 Å². The van der Waals surface area contributed by atoms with Crippen molar-refractivity contribution >= 4 is 10.8 Å². The molecule has 18 heavy (non-hydrogen) atoms. The zero-order valence-corrected chi connectivity index (χ0v) is 12.4. The highest BCUT2D eigenvalue weighted by atomic mass is 32.2. The van der Waals surface area contributed by atoms with E-state index >= 15 is 0 Å². The molecule has 0 aliphatic carbocycles. The molecule has 5 heteroatoms. The van der Waals surface area contributed by atoms with Gasteiger partial charge in [-0.1, -0.05) is 13.8 Å². The summed E-state index contributed by atoms with van der Waals surface area (Å²) in [5.74, 6) is 2.83. The monoisotopic (exact) mass is 270 g/mol. The summed E-state index contributed by atoms with van der Waals surface area (Å²) in [4.78, 5) is 6.63. The molecule has 1 aromatic heterocycles. The molecule has 0 amide bonds. The average Bonchev–Trinajstić information content (AvgIpc) is 2.79. The van der Waals surface area contributed by atoms with Crippen LogP contribution in [0.1, 0.15) is 45.3 Å². The molecule has 3 atom stereocenters. The van der Waals surface area contributed by atoms with Crippen LogP contribution in [0.2, 0.25) is 0 Å². The van der Waals surface area contributed by atoms with Crippen molar-refractivity contribution in [2.45, 2.75) is 51.4 Å². The second kappa shape index (κ2) is 5.53. The molecule has 102 valence electrons. The van der Waals surface area contributed by atoms with Gasteiger partial charge in [-0.25, -0.2) is 4.98 Å². The summed E-state index contributed by atoms with van der Waals surface area (Å²) < 4.78 is 17.5. The van der Waals surface area contributed by atoms with Crippen molar-refractivity contribution in [1.82, 2.24) is 9.88 Å². The van der Waals surface area contributed by atoms with Crippen LogP contribution in [0.3, 0.4) is 0 Å². The van der Waals surface area contributed by atoms with Crippen LogP contribution in [-0.2, 0) is 17.3 Å². The number of hydrogen-bond acceptors (Lipinski definition) is 4. The molecule has 1 aromatic rings. The maximum Gasteiger partial charge on any atom is 0.208 e. The van der Waals surface area contributed by atoms with E-state index in [0.29, 0.717) is 12.0 Å². The fraction of sp³-hybridized carbons (Fsp3) is 0.769. The molecule has 2 rings (SSSR count). The minimum Gasteiger partial charge on any atom is -0.444 e. The second-order valence-corrected chi connectivity index (χ2v) is 7.23. The lowest BCUT2D eigenvalue weighted by Crippen LogP contribution is -2.49. The largest absolute Gasteiger partial charge is 0.444 e. The van der Waals surface area contributed by atoms with Crippen molar-refractivity contribution < 1.29 is 8.63 Å². The molecular formula is C13H22N2O2S. The molecule has 0 radical (unpaired) electrons. The predicted molar refractivity (Wildman–Crippen MR) is 72.9 cm³/mol. The van der Waals surface area contributed by atoms with E-state index in [1.807, 2.05) is 6.20 Å². The lowest BCUT2D eigenvalue weighted by Gasteiger charge is -2.36. The first kappa shape index (κ1) is 13.7. The van der Waals surface area contributed by atoms with Crippen molar-refractivity contribution in [3.63, 3.8) is 0 Å². The first-order valence-corrected chi connectivity index (χ1v) is 7.93. The fourth-order valence-electron chi connectivity index (χ4n) is 2.17. The Balaban J connectivity index is 2.02. The van der Waals surface area contributed by atoms with Crippen LogP contribution in [-0.4, -0.2) is 37.7 Å². The Hall–Kier alpha value is -0.680. The minimum atomic E-state index is -0.689. The Morgan fingerprint density at radius 2 is 2.28 bits per heavy atom. The van der Waals surface area contributed by atoms with E-state index in [1.165, 1.54) is 0 Å². The van der Waals surface area contributed by atoms with Gasteiger partial charge in [0.05, 0.1) is 12.7 Å². The molecule has 0 bridgehead atoms. The highest BCUT2D eigenvalue weighted by Gasteiger charge is 2.30. The van der Waals surface area contributed by atoms with Crippen LogP contribution in [0.4, 0.5) is 0 Å². The molecule has 0 aromatic carbocycles. The fourth-order valence-corrected chi connectivity index (χ4v) is 3.57. The van der Waals surface area contributed by atoms with Crippen molar-refractivity contribution in [3.8, 4) is 0 Å². The van der Waals surface area contributed by atoms with E-state index in [-0.39, 0.29) is 5.25 Å². The van der Waals surface area contributed by atoms with Crippen LogP contribution in [0.5, 0.6) is 0 Å². The highest BCUT2D eigenvalue weighted by molar-refractivity contribution is 7.85. The third kappa shape index (κ3) is 2.83. The molecule has 2 heterocycles. The van der Waals surface area contributed by atoms with E-state index in [1.54, 1.807) is 0 Å². The molecular weight excluding hydrogens is 248 g/mol. The Bertz CT molecular complexity index is 430. The predicted octanol–water partition coefficient (Wildman–Crippen LogP) is 2.14. The Morgan fingerprint density at radius 1 is 1.56 bits per heavy atom. The molecule has 1 aliphatic heterocycles. The number of rotatable bonds is 3. The number of hydrogen-bond donors (Lipinski definition) is 0. The SMILES string of the molecule is CC(C)c1cnc(CN2CCS(=O)C(C)C2C)o1. The van der Waals surface area contributed by atoms with Crippen molar-refractivity contribution in [1.29, 1.82) is 0 Å². The summed E-state index contributed by atoms with van der Waals surface area (Å²) in [7, 11) is -0.689. The summed E-state index contributed by atoms with van der Waals surface area (Å²) in [6.45, 7) is 9.96. The second-order valence-electron chi connectivity index (χ2n) is 5.31. The van der Waals surface area contributed by atoms with Gasteiger partial charge >= 0.3 is 0 Å². The minimum absolute atomic E-state index is 0.221. The number of nitrogens with zero attached hydrogens (tertiary/aromatic N) is 2. The van der Waals surface area contributed by atoms with Gasteiger partial charge in [0, 0.05) is 40.3 Å². The lowest BCUT2D eigenvalue weighted by molar-refractivity contribution is 0.181. The zero-order valence-electron chi connectivity index (χ0n) is 11.5. The van der Waals surface area contributed by atoms with Crippen molar-refractivity contribution in [2.75, 3.05) is 12.3 Å². The number of oxazole rings is 1. The maximum atomic E-state index is 11.7. The molecule has 0 N–H and O–H groups in total. The van der Waals surface area contributed by atoms with E-state index < -0.39 is 10.8 Å². The molecule has 0 spiro atoms. The summed E-state index contributed by atoms with van der Waals surface area (Å²) in [6.07, 6.45) is 1.82. The molecule has 4 nitrogen and oxygen atoms in total. The molecule has 1 fully saturated rings. The summed E-state index contributed by atoms with van der Waals surface area (Å²) in [6, 6.07) is 0.314. The van der Waals surface area contributed by atoms with Gasteiger partial charge in [-0.05, 0) is 13.8 Å². The van der Waals surface area contributed by atoms with Gasteiger partial charge in [0.25, 0.3) is 0 Å². The van der Waals surface area contributed by atoms with Gasteiger partial charge < -0.3 is 4.42 Å². The lowest BCUT2D eigenvalue weighted by atomic mass is 10.2. The summed E-state index contributed by atoms with van der Waals surface area (Å²) >= 11 is 0. The van der Waals surface area contributed by atoms with Crippen LogP contribution in [0.25, 0.3) is 0 Å². The molecule has 1 saturated heterocycles. The van der Waals surface area contributed by atoms with Crippen molar-refractivity contribution in [3.05, 3.63) is 17.8 Å². The number of aromatic nitrogens is 1. The van der Waals surface area contributed by atoms with E-state index in [9.17, 15) is 4.21 Å². The van der Waals surface area contributed by atoms with Gasteiger partial charge in [0.15, 0.2) is 0 Å². The Morgan fingerprint density at radius 3 is 2.89 bits per heavy atom. The molecule has 1 aliphatic rings. The van der Waals surface area contributed by atoms with Gasteiger partial charge in [-0.2, -0.15) is 0 Å². The van der Waals surface area contributed by atoms with E-state index in [4.69, 9.17) is 4.42 Å². The normalized spacial score (nSPS) is 29.9. The maximum absolute atomic E-state index is 11.7.